The van der Waals surface area contributed by atoms with E-state index in [2.05, 4.69) is 10.6 Å². The maximum Gasteiger partial charge on any atom is 0.313 e. The first-order valence-electron chi connectivity index (χ1n) is 8.12. The molecule has 0 fully saturated rings. The Labute approximate surface area is 159 Å². The minimum atomic E-state index is -0.966. The fourth-order valence-corrected chi connectivity index (χ4v) is 2.84. The van der Waals surface area contributed by atoms with E-state index in [0.29, 0.717) is 5.56 Å². The van der Waals surface area contributed by atoms with Crippen molar-refractivity contribution in [2.45, 2.75) is 6.10 Å². The Bertz CT molecular complexity index is 1020. The first-order valence-corrected chi connectivity index (χ1v) is 8.50. The van der Waals surface area contributed by atoms with Crippen LogP contribution in [0, 0.1) is 5.82 Å². The Morgan fingerprint density at radius 1 is 1.19 bits per heavy atom. The summed E-state index contributed by atoms with van der Waals surface area (Å²) in [5.74, 6) is -2.49. The van der Waals surface area contributed by atoms with Gasteiger partial charge in [-0.05, 0) is 47.3 Å². The highest BCUT2D eigenvalue weighted by molar-refractivity contribution is 6.39. The average Bonchev–Trinajstić information content (AvgIpc) is 3.02. The summed E-state index contributed by atoms with van der Waals surface area (Å²) in [7, 11) is 1.92. The Morgan fingerprint density at radius 2 is 1.96 bits per heavy atom. The Kier molecular flexibility index (Phi) is 5.43. The van der Waals surface area contributed by atoms with Gasteiger partial charge in [-0.25, -0.2) is 4.39 Å². The van der Waals surface area contributed by atoms with Crippen molar-refractivity contribution < 1.29 is 19.1 Å². The van der Waals surface area contributed by atoms with Gasteiger partial charge < -0.3 is 20.3 Å². The van der Waals surface area contributed by atoms with E-state index in [0.717, 1.165) is 17.0 Å². The van der Waals surface area contributed by atoms with E-state index in [1.807, 2.05) is 36.0 Å². The molecule has 0 unspecified atom stereocenters. The van der Waals surface area contributed by atoms with Gasteiger partial charge in [-0.15, -0.1) is 0 Å². The zero-order valence-electron chi connectivity index (χ0n) is 14.4. The molecule has 1 atom stereocenters. The molecule has 3 rings (SSSR count). The van der Waals surface area contributed by atoms with Crippen LogP contribution in [0.1, 0.15) is 11.7 Å². The molecule has 0 saturated heterocycles. The molecule has 3 N–H and O–H groups in total. The van der Waals surface area contributed by atoms with Gasteiger partial charge in [0.2, 0.25) is 0 Å². The van der Waals surface area contributed by atoms with E-state index in [1.165, 1.54) is 12.1 Å². The summed E-state index contributed by atoms with van der Waals surface area (Å²) in [6.07, 6.45) is 0.945. The third-order valence-corrected chi connectivity index (χ3v) is 4.42. The van der Waals surface area contributed by atoms with Gasteiger partial charge in [-0.2, -0.15) is 0 Å². The highest BCUT2D eigenvalue weighted by atomic mass is 35.5. The van der Waals surface area contributed by atoms with Gasteiger partial charge in [0.1, 0.15) is 5.82 Å². The molecular formula is C19H17ClFN3O3. The first kappa shape index (κ1) is 18.9. The van der Waals surface area contributed by atoms with Crippen LogP contribution in [0.2, 0.25) is 5.02 Å². The normalized spacial score (nSPS) is 12.0. The van der Waals surface area contributed by atoms with Crippen molar-refractivity contribution in [3.63, 3.8) is 0 Å². The smallest absolute Gasteiger partial charge is 0.313 e. The van der Waals surface area contributed by atoms with Crippen LogP contribution in [0.15, 0.2) is 48.7 Å². The number of hydrogen-bond donors (Lipinski definition) is 3. The molecule has 0 aliphatic carbocycles. The minimum absolute atomic E-state index is 0.130. The van der Waals surface area contributed by atoms with Crippen LogP contribution in [0.5, 0.6) is 0 Å². The second-order valence-corrected chi connectivity index (χ2v) is 6.46. The number of fused-ring (bicyclic) bond motifs is 1. The number of aryl methyl sites for hydroxylation is 1. The molecule has 27 heavy (non-hydrogen) atoms. The van der Waals surface area contributed by atoms with E-state index in [9.17, 15) is 19.1 Å². The number of carbonyl (C=O) groups excluding carboxylic acids is 2. The molecule has 3 aromatic rings. The number of nitrogens with zero attached hydrogens (tertiary/aromatic N) is 1. The molecule has 0 saturated carbocycles. The predicted molar refractivity (Wildman–Crippen MR) is 101 cm³/mol. The van der Waals surface area contributed by atoms with Gasteiger partial charge in [0.15, 0.2) is 0 Å². The molecule has 0 bridgehead atoms. The van der Waals surface area contributed by atoms with Crippen molar-refractivity contribution in [2.24, 2.45) is 7.05 Å². The Balaban J connectivity index is 1.58. The van der Waals surface area contributed by atoms with Gasteiger partial charge >= 0.3 is 11.8 Å². The van der Waals surface area contributed by atoms with E-state index < -0.39 is 23.7 Å². The highest BCUT2D eigenvalue weighted by Crippen LogP contribution is 2.21. The van der Waals surface area contributed by atoms with Crippen LogP contribution in [-0.4, -0.2) is 28.0 Å². The standard InChI is InChI=1S/C19H17ClFN3O3/c1-24-7-6-11-8-12(2-5-16(11)24)17(25)10-22-18(26)19(27)23-13-3-4-15(21)14(20)9-13/h2-9,17,25H,10H2,1H3,(H,22,26)(H,23,27)/t17-/m0/s1. The summed E-state index contributed by atoms with van der Waals surface area (Å²) in [6.45, 7) is -0.130. The monoisotopic (exact) mass is 389 g/mol. The summed E-state index contributed by atoms with van der Waals surface area (Å²) < 4.78 is 15.1. The van der Waals surface area contributed by atoms with Crippen molar-refractivity contribution in [2.75, 3.05) is 11.9 Å². The van der Waals surface area contributed by atoms with Gasteiger partial charge in [0.05, 0.1) is 11.1 Å². The zero-order chi connectivity index (χ0) is 19.6. The SMILES string of the molecule is Cn1ccc2cc([C@@H](O)CNC(=O)C(=O)Nc3ccc(F)c(Cl)c3)ccc21. The van der Waals surface area contributed by atoms with Crippen molar-refractivity contribution in [1.82, 2.24) is 9.88 Å². The molecule has 0 spiro atoms. The van der Waals surface area contributed by atoms with E-state index in [-0.39, 0.29) is 17.3 Å². The maximum absolute atomic E-state index is 13.1. The fourth-order valence-electron chi connectivity index (χ4n) is 2.66. The summed E-state index contributed by atoms with van der Waals surface area (Å²) in [5, 5.41) is 15.7. The minimum Gasteiger partial charge on any atom is -0.387 e. The van der Waals surface area contributed by atoms with Crippen molar-refractivity contribution >= 4 is 40.0 Å². The summed E-state index contributed by atoms with van der Waals surface area (Å²) in [5.41, 5.74) is 1.84. The van der Waals surface area contributed by atoms with Crippen LogP contribution in [0.3, 0.4) is 0 Å². The van der Waals surface area contributed by atoms with Gasteiger partial charge in [0, 0.05) is 31.0 Å². The van der Waals surface area contributed by atoms with Crippen molar-refractivity contribution in [3.05, 3.63) is 65.1 Å². The number of rotatable bonds is 4. The molecule has 0 aliphatic rings. The van der Waals surface area contributed by atoms with Gasteiger partial charge in [-0.3, -0.25) is 9.59 Å². The molecule has 0 radical (unpaired) electrons. The first-order chi connectivity index (χ1) is 12.8. The largest absolute Gasteiger partial charge is 0.387 e. The van der Waals surface area contributed by atoms with Gasteiger partial charge in [-0.1, -0.05) is 17.7 Å². The number of nitrogens with one attached hydrogen (secondary N) is 2. The maximum atomic E-state index is 13.1. The third-order valence-electron chi connectivity index (χ3n) is 4.13. The Hall–Kier alpha value is -2.90. The van der Waals surface area contributed by atoms with Crippen LogP contribution in [0.25, 0.3) is 10.9 Å². The highest BCUT2D eigenvalue weighted by Gasteiger charge is 2.17. The van der Waals surface area contributed by atoms with Crippen LogP contribution in [0.4, 0.5) is 10.1 Å². The molecule has 2 amide bonds. The molecule has 140 valence electrons. The number of anilines is 1. The van der Waals surface area contributed by atoms with Gasteiger partial charge in [0.25, 0.3) is 0 Å². The van der Waals surface area contributed by atoms with Crippen LogP contribution in [-0.2, 0) is 16.6 Å². The van der Waals surface area contributed by atoms with Crippen LogP contribution >= 0.6 is 11.6 Å². The molecular weight excluding hydrogens is 373 g/mol. The molecule has 1 aromatic heterocycles. The molecule has 2 aromatic carbocycles. The third kappa shape index (κ3) is 4.27. The number of aliphatic hydroxyl groups is 1. The lowest BCUT2D eigenvalue weighted by Gasteiger charge is -2.13. The van der Waals surface area contributed by atoms with E-state index >= 15 is 0 Å². The molecule has 1 heterocycles. The number of aromatic nitrogens is 1. The number of benzene rings is 2. The average molecular weight is 390 g/mol. The number of hydrogen-bond acceptors (Lipinski definition) is 3. The number of carbonyl (C=O) groups is 2. The Morgan fingerprint density at radius 3 is 2.70 bits per heavy atom. The van der Waals surface area contributed by atoms with E-state index in [4.69, 9.17) is 11.6 Å². The van der Waals surface area contributed by atoms with Crippen molar-refractivity contribution in [3.8, 4) is 0 Å². The summed E-state index contributed by atoms with van der Waals surface area (Å²) in [4.78, 5) is 23.8. The second-order valence-electron chi connectivity index (χ2n) is 6.05. The predicted octanol–water partition coefficient (Wildman–Crippen LogP) is 2.76. The quantitative estimate of drug-likeness (QED) is 0.600. The lowest BCUT2D eigenvalue weighted by Crippen LogP contribution is -2.37. The fraction of sp³-hybridized carbons (Fsp3) is 0.158. The lowest BCUT2D eigenvalue weighted by molar-refractivity contribution is -0.136. The van der Waals surface area contributed by atoms with E-state index in [1.54, 1.807) is 6.07 Å². The number of aliphatic hydroxyl groups excluding tert-OH is 1. The second kappa shape index (κ2) is 7.77. The number of amides is 2. The summed E-state index contributed by atoms with van der Waals surface area (Å²) >= 11 is 5.63. The lowest BCUT2D eigenvalue weighted by atomic mass is 10.1. The topological polar surface area (TPSA) is 83.4 Å². The summed E-state index contributed by atoms with van der Waals surface area (Å²) in [6, 6.07) is 11.0. The molecule has 6 nitrogen and oxygen atoms in total. The zero-order valence-corrected chi connectivity index (χ0v) is 15.1. The molecule has 8 heteroatoms. The number of halogens is 2. The molecule has 0 aliphatic heterocycles. The van der Waals surface area contributed by atoms with Crippen molar-refractivity contribution in [1.29, 1.82) is 0 Å². The van der Waals surface area contributed by atoms with Crippen LogP contribution < -0.4 is 10.6 Å².